The number of benzene rings is 3. The molecule has 2 aliphatic rings. The number of fused-ring (bicyclic) bond motifs is 3. The maximum absolute atomic E-state index is 14.0. The molecule has 184 valence electrons. The zero-order valence-electron chi connectivity index (χ0n) is 20.5. The summed E-state index contributed by atoms with van der Waals surface area (Å²) in [5, 5.41) is 0. The average Bonchev–Trinajstić information content (AvgIpc) is 3.27. The van der Waals surface area contributed by atoms with Gasteiger partial charge in [0.1, 0.15) is 6.17 Å². The van der Waals surface area contributed by atoms with Crippen LogP contribution >= 0.6 is 0 Å². The van der Waals surface area contributed by atoms with E-state index in [0.717, 1.165) is 24.1 Å². The molecular weight excluding hydrogens is 460 g/mol. The van der Waals surface area contributed by atoms with E-state index in [4.69, 9.17) is 9.47 Å². The Morgan fingerprint density at radius 1 is 0.914 bits per heavy atom. The first-order chi connectivity index (χ1) is 16.9. The van der Waals surface area contributed by atoms with Gasteiger partial charge < -0.3 is 9.47 Å². The van der Waals surface area contributed by atoms with E-state index in [-0.39, 0.29) is 6.04 Å². The lowest BCUT2D eigenvalue weighted by atomic mass is 9.93. The van der Waals surface area contributed by atoms with Crippen LogP contribution in [0.4, 0.5) is 0 Å². The van der Waals surface area contributed by atoms with Gasteiger partial charge in [-0.2, -0.15) is 4.31 Å². The summed E-state index contributed by atoms with van der Waals surface area (Å²) in [6, 6.07) is 21.3. The molecule has 0 unspecified atom stereocenters. The number of nitrogens with zero attached hydrogens (tertiary/aromatic N) is 2. The minimum Gasteiger partial charge on any atom is -0.490 e. The van der Waals surface area contributed by atoms with Crippen molar-refractivity contribution in [3.05, 3.63) is 89.0 Å². The van der Waals surface area contributed by atoms with E-state index in [2.05, 4.69) is 23.1 Å². The smallest absolute Gasteiger partial charge is 0.244 e. The monoisotopic (exact) mass is 492 g/mol. The van der Waals surface area contributed by atoms with Gasteiger partial charge in [-0.15, -0.1) is 0 Å². The third-order valence-electron chi connectivity index (χ3n) is 6.89. The van der Waals surface area contributed by atoms with Crippen LogP contribution in [-0.4, -0.2) is 43.9 Å². The van der Waals surface area contributed by atoms with Crippen LogP contribution in [0.1, 0.15) is 48.3 Å². The van der Waals surface area contributed by atoms with E-state index in [9.17, 15) is 8.42 Å². The van der Waals surface area contributed by atoms with Crippen molar-refractivity contribution >= 4 is 10.0 Å². The van der Waals surface area contributed by atoms with Gasteiger partial charge in [-0.3, -0.25) is 4.90 Å². The molecule has 0 aromatic heterocycles. The van der Waals surface area contributed by atoms with Gasteiger partial charge in [0.25, 0.3) is 0 Å². The lowest BCUT2D eigenvalue weighted by Crippen LogP contribution is -2.37. The fraction of sp³-hybridized carbons (Fsp3) is 0.357. The second-order valence-corrected chi connectivity index (χ2v) is 10.9. The van der Waals surface area contributed by atoms with Gasteiger partial charge in [0.15, 0.2) is 11.5 Å². The summed E-state index contributed by atoms with van der Waals surface area (Å²) in [4.78, 5) is 2.64. The number of rotatable bonds is 7. The van der Waals surface area contributed by atoms with E-state index in [1.54, 1.807) is 16.4 Å². The molecule has 0 bridgehead atoms. The Kier molecular flexibility index (Phi) is 6.57. The summed E-state index contributed by atoms with van der Waals surface area (Å²) in [6.07, 6.45) is 0.450. The normalized spacial score (nSPS) is 20.3. The standard InChI is InChI=1S/C28H32N2O4S/c1-4-33-26-15-12-22(18-27(26)34-5-2)28-29-17-16-21-8-6-7-9-24(21)25(29)19-30(28)35(31,32)23-13-10-20(3)11-14-23/h6-15,18,25,28H,4-5,16-17,19H2,1-3H3/t25-,28-/m0/s1. The van der Waals surface area contributed by atoms with E-state index < -0.39 is 16.2 Å². The Balaban J connectivity index is 1.62. The molecule has 2 atom stereocenters. The molecule has 1 fully saturated rings. The molecule has 2 aliphatic heterocycles. The van der Waals surface area contributed by atoms with Gasteiger partial charge >= 0.3 is 0 Å². The van der Waals surface area contributed by atoms with Crippen LogP contribution in [0.3, 0.4) is 0 Å². The maximum Gasteiger partial charge on any atom is 0.244 e. The van der Waals surface area contributed by atoms with Crippen LogP contribution in [-0.2, 0) is 16.4 Å². The van der Waals surface area contributed by atoms with Gasteiger partial charge in [-0.1, -0.05) is 48.0 Å². The van der Waals surface area contributed by atoms with Gasteiger partial charge in [0, 0.05) is 13.1 Å². The predicted molar refractivity (Wildman–Crippen MR) is 136 cm³/mol. The Hall–Kier alpha value is -2.87. The zero-order chi connectivity index (χ0) is 24.6. The van der Waals surface area contributed by atoms with Gasteiger partial charge in [-0.05, 0) is 68.1 Å². The number of sulfonamides is 1. The molecule has 0 saturated carbocycles. The predicted octanol–water partition coefficient (Wildman–Crippen LogP) is 5.09. The van der Waals surface area contributed by atoms with Crippen molar-refractivity contribution in [1.29, 1.82) is 0 Å². The first-order valence-corrected chi connectivity index (χ1v) is 13.7. The third kappa shape index (κ3) is 4.33. The summed E-state index contributed by atoms with van der Waals surface area (Å²) in [6.45, 7) is 8.04. The van der Waals surface area contributed by atoms with Gasteiger partial charge in [0.05, 0.1) is 24.2 Å². The van der Waals surface area contributed by atoms with Crippen molar-refractivity contribution in [3.8, 4) is 11.5 Å². The summed E-state index contributed by atoms with van der Waals surface area (Å²) in [5.41, 5.74) is 4.42. The Morgan fingerprint density at radius 3 is 2.37 bits per heavy atom. The minimum atomic E-state index is -3.74. The molecule has 0 N–H and O–H groups in total. The fourth-order valence-corrected chi connectivity index (χ4v) is 6.86. The highest BCUT2D eigenvalue weighted by Crippen LogP contribution is 2.47. The fourth-order valence-electron chi connectivity index (χ4n) is 5.26. The molecule has 2 heterocycles. The molecule has 3 aromatic carbocycles. The Bertz CT molecular complexity index is 1310. The highest BCUT2D eigenvalue weighted by Gasteiger charge is 2.48. The van der Waals surface area contributed by atoms with Crippen LogP contribution in [0.5, 0.6) is 11.5 Å². The summed E-state index contributed by atoms with van der Waals surface area (Å²) in [7, 11) is -3.74. The van der Waals surface area contributed by atoms with Crippen LogP contribution in [0.2, 0.25) is 0 Å². The van der Waals surface area contributed by atoms with Crippen molar-refractivity contribution < 1.29 is 17.9 Å². The quantitative estimate of drug-likeness (QED) is 0.460. The average molecular weight is 493 g/mol. The van der Waals surface area contributed by atoms with E-state index in [1.165, 1.54) is 11.1 Å². The molecule has 6 nitrogen and oxygen atoms in total. The molecule has 35 heavy (non-hydrogen) atoms. The molecular formula is C28H32N2O4S. The maximum atomic E-state index is 14.0. The van der Waals surface area contributed by atoms with Crippen molar-refractivity contribution in [3.63, 3.8) is 0 Å². The largest absolute Gasteiger partial charge is 0.490 e. The topological polar surface area (TPSA) is 59.1 Å². The third-order valence-corrected chi connectivity index (χ3v) is 8.72. The molecule has 0 radical (unpaired) electrons. The van der Waals surface area contributed by atoms with Gasteiger partial charge in [0.2, 0.25) is 10.0 Å². The second-order valence-electron chi connectivity index (χ2n) is 9.04. The number of ether oxygens (including phenoxy) is 2. The minimum absolute atomic E-state index is 0.00714. The highest BCUT2D eigenvalue weighted by atomic mass is 32.2. The van der Waals surface area contributed by atoms with E-state index >= 15 is 0 Å². The molecule has 0 aliphatic carbocycles. The van der Waals surface area contributed by atoms with Gasteiger partial charge in [-0.25, -0.2) is 8.42 Å². The zero-order valence-corrected chi connectivity index (χ0v) is 21.3. The highest BCUT2D eigenvalue weighted by molar-refractivity contribution is 7.89. The number of aryl methyl sites for hydroxylation is 1. The molecule has 1 saturated heterocycles. The van der Waals surface area contributed by atoms with E-state index in [1.807, 2.05) is 57.2 Å². The Morgan fingerprint density at radius 2 is 1.63 bits per heavy atom. The summed E-state index contributed by atoms with van der Waals surface area (Å²) < 4.78 is 41.3. The van der Waals surface area contributed by atoms with Crippen LogP contribution in [0.15, 0.2) is 71.6 Å². The first-order valence-electron chi connectivity index (χ1n) is 12.3. The molecule has 5 rings (SSSR count). The lowest BCUT2D eigenvalue weighted by molar-refractivity contribution is 0.154. The molecule has 0 spiro atoms. The Labute approximate surface area is 208 Å². The first kappa shape index (κ1) is 23.9. The van der Waals surface area contributed by atoms with Crippen LogP contribution in [0, 0.1) is 6.92 Å². The van der Waals surface area contributed by atoms with Crippen molar-refractivity contribution in [1.82, 2.24) is 9.21 Å². The molecule has 3 aromatic rings. The van der Waals surface area contributed by atoms with Crippen molar-refractivity contribution in [2.24, 2.45) is 0 Å². The summed E-state index contributed by atoms with van der Waals surface area (Å²) >= 11 is 0. The van der Waals surface area contributed by atoms with Crippen molar-refractivity contribution in [2.75, 3.05) is 26.3 Å². The second kappa shape index (κ2) is 9.64. The van der Waals surface area contributed by atoms with E-state index in [0.29, 0.717) is 36.2 Å². The van der Waals surface area contributed by atoms with Crippen LogP contribution < -0.4 is 9.47 Å². The molecule has 0 amide bonds. The number of hydrogen-bond acceptors (Lipinski definition) is 5. The van der Waals surface area contributed by atoms with Crippen molar-refractivity contribution in [2.45, 2.75) is 44.3 Å². The SMILES string of the molecule is CCOc1ccc([C@H]2N3CCc4ccccc4[C@@H]3CN2S(=O)(=O)c2ccc(C)cc2)cc1OCC. The summed E-state index contributed by atoms with van der Waals surface area (Å²) in [5.74, 6) is 1.31. The molecule has 7 heteroatoms. The van der Waals surface area contributed by atoms with Crippen LogP contribution in [0.25, 0.3) is 0 Å². The lowest BCUT2D eigenvalue weighted by Gasteiger charge is -2.36. The number of hydrogen-bond donors (Lipinski definition) is 0.